The smallest absolute Gasteiger partial charge is 0.244 e. The number of likely N-dealkylation sites (N-methyl/N-ethyl adjacent to an activating group) is 1. The third-order valence-electron chi connectivity index (χ3n) is 5.01. The molecule has 0 fully saturated rings. The molecule has 2 aromatic rings. The van der Waals surface area contributed by atoms with E-state index in [0.717, 1.165) is 16.1 Å². The van der Waals surface area contributed by atoms with Gasteiger partial charge in [-0.25, -0.2) is 8.42 Å². The predicted octanol–water partition coefficient (Wildman–Crippen LogP) is 2.29. The topological polar surface area (TPSA) is 105 Å². The zero-order valence-corrected chi connectivity index (χ0v) is 20.7. The number of methoxy groups -OCH3 is 2. The molecule has 0 radical (unpaired) electrons. The van der Waals surface area contributed by atoms with E-state index in [4.69, 9.17) is 21.1 Å². The number of halogens is 1. The highest BCUT2D eigenvalue weighted by Crippen LogP contribution is 2.33. The quantitative estimate of drug-likeness (QED) is 0.540. The fourth-order valence-corrected chi connectivity index (χ4v) is 4.14. The van der Waals surface area contributed by atoms with Crippen molar-refractivity contribution >= 4 is 39.1 Å². The number of hydrogen-bond donors (Lipinski definition) is 1. The van der Waals surface area contributed by atoms with Crippen LogP contribution < -0.4 is 19.1 Å². The van der Waals surface area contributed by atoms with E-state index in [2.05, 4.69) is 5.32 Å². The molecule has 0 aromatic heterocycles. The van der Waals surface area contributed by atoms with Gasteiger partial charge in [0.05, 0.1) is 26.2 Å². The molecular formula is C22H28ClN3O6S. The molecule has 11 heteroatoms. The summed E-state index contributed by atoms with van der Waals surface area (Å²) in [5, 5.41) is 3.05. The second kappa shape index (κ2) is 11.2. The highest BCUT2D eigenvalue weighted by atomic mass is 35.5. The Morgan fingerprint density at radius 2 is 1.73 bits per heavy atom. The first-order valence-electron chi connectivity index (χ1n) is 9.97. The molecule has 33 heavy (non-hydrogen) atoms. The number of sulfonamides is 1. The molecule has 0 aliphatic carbocycles. The molecule has 0 bridgehead atoms. The van der Waals surface area contributed by atoms with Gasteiger partial charge in [0, 0.05) is 24.7 Å². The average molecular weight is 498 g/mol. The molecular weight excluding hydrogens is 470 g/mol. The van der Waals surface area contributed by atoms with Gasteiger partial charge < -0.3 is 19.7 Å². The molecule has 0 aliphatic heterocycles. The number of nitrogens with one attached hydrogen (secondary N) is 1. The van der Waals surface area contributed by atoms with Crippen molar-refractivity contribution in [2.24, 2.45) is 0 Å². The Kier molecular flexibility index (Phi) is 8.95. The number of benzene rings is 2. The van der Waals surface area contributed by atoms with Crippen molar-refractivity contribution in [3.63, 3.8) is 0 Å². The molecule has 1 atom stereocenters. The molecule has 0 saturated heterocycles. The normalized spacial score (nSPS) is 11.9. The number of anilines is 1. The zero-order valence-electron chi connectivity index (χ0n) is 19.2. The van der Waals surface area contributed by atoms with Crippen molar-refractivity contribution in [2.75, 3.05) is 38.4 Å². The van der Waals surface area contributed by atoms with Crippen LogP contribution in [0.4, 0.5) is 5.69 Å². The largest absolute Gasteiger partial charge is 0.497 e. The maximum atomic E-state index is 13.4. The number of nitrogens with zero attached hydrogens (tertiary/aromatic N) is 2. The molecule has 0 saturated carbocycles. The van der Waals surface area contributed by atoms with E-state index in [9.17, 15) is 18.0 Å². The van der Waals surface area contributed by atoms with Crippen LogP contribution in [-0.4, -0.2) is 65.2 Å². The summed E-state index contributed by atoms with van der Waals surface area (Å²) in [5.74, 6) is -0.265. The van der Waals surface area contributed by atoms with Crippen molar-refractivity contribution < 1.29 is 27.5 Å². The Morgan fingerprint density at radius 3 is 2.24 bits per heavy atom. The third kappa shape index (κ3) is 6.75. The molecule has 0 heterocycles. The molecule has 0 unspecified atom stereocenters. The number of rotatable bonds is 10. The summed E-state index contributed by atoms with van der Waals surface area (Å²) < 4.78 is 36.7. The van der Waals surface area contributed by atoms with Crippen LogP contribution in [-0.2, 0) is 26.2 Å². The lowest BCUT2D eigenvalue weighted by molar-refractivity contribution is -0.139. The predicted molar refractivity (Wildman–Crippen MR) is 127 cm³/mol. The van der Waals surface area contributed by atoms with Crippen molar-refractivity contribution in [2.45, 2.75) is 19.5 Å². The Labute approximate surface area is 199 Å². The molecule has 180 valence electrons. The summed E-state index contributed by atoms with van der Waals surface area (Å²) in [6.45, 7) is 1.13. The van der Waals surface area contributed by atoms with Crippen LogP contribution >= 0.6 is 11.6 Å². The fraction of sp³-hybridized carbons (Fsp3) is 0.364. The van der Waals surface area contributed by atoms with Gasteiger partial charge in [-0.15, -0.1) is 0 Å². The van der Waals surface area contributed by atoms with Crippen molar-refractivity contribution in [1.82, 2.24) is 10.2 Å². The third-order valence-corrected chi connectivity index (χ3v) is 6.39. The van der Waals surface area contributed by atoms with Gasteiger partial charge in [-0.2, -0.15) is 0 Å². The van der Waals surface area contributed by atoms with Crippen LogP contribution in [0.25, 0.3) is 0 Å². The van der Waals surface area contributed by atoms with Gasteiger partial charge in [0.15, 0.2) is 0 Å². The van der Waals surface area contributed by atoms with Gasteiger partial charge in [0.1, 0.15) is 24.1 Å². The maximum Gasteiger partial charge on any atom is 0.244 e. The van der Waals surface area contributed by atoms with Gasteiger partial charge in [0.2, 0.25) is 21.8 Å². The van der Waals surface area contributed by atoms with E-state index in [1.807, 2.05) is 0 Å². The van der Waals surface area contributed by atoms with Crippen LogP contribution in [0.3, 0.4) is 0 Å². The van der Waals surface area contributed by atoms with Crippen LogP contribution in [0.1, 0.15) is 12.5 Å². The molecule has 2 rings (SSSR count). The first-order valence-corrected chi connectivity index (χ1v) is 12.2. The van der Waals surface area contributed by atoms with E-state index in [-0.39, 0.29) is 23.9 Å². The Hall–Kier alpha value is -2.98. The first-order chi connectivity index (χ1) is 15.5. The van der Waals surface area contributed by atoms with Gasteiger partial charge >= 0.3 is 0 Å². The molecule has 9 nitrogen and oxygen atoms in total. The summed E-state index contributed by atoms with van der Waals surface area (Å²) >= 11 is 5.94. The second-order valence-corrected chi connectivity index (χ2v) is 9.59. The number of carbonyl (C=O) groups excluding carboxylic acids is 2. The Balaban J connectivity index is 2.44. The number of ether oxygens (including phenoxy) is 2. The van der Waals surface area contributed by atoms with Crippen molar-refractivity contribution in [3.8, 4) is 11.5 Å². The van der Waals surface area contributed by atoms with Gasteiger partial charge in [-0.05, 0) is 36.8 Å². The van der Waals surface area contributed by atoms with Crippen molar-refractivity contribution in [3.05, 3.63) is 53.1 Å². The lowest BCUT2D eigenvalue weighted by Crippen LogP contribution is -2.50. The molecule has 0 aliphatic rings. The fourth-order valence-electron chi connectivity index (χ4n) is 3.16. The Bertz CT molecular complexity index is 1090. The van der Waals surface area contributed by atoms with E-state index >= 15 is 0 Å². The second-order valence-electron chi connectivity index (χ2n) is 7.25. The lowest BCUT2D eigenvalue weighted by Gasteiger charge is -2.31. The summed E-state index contributed by atoms with van der Waals surface area (Å²) in [6, 6.07) is 10.6. The summed E-state index contributed by atoms with van der Waals surface area (Å²) in [6.07, 6.45) is 0.996. The SMILES string of the molecule is CNC(=O)[C@@H](C)N(Cc1ccc(Cl)cc1)C(=O)CN(c1ccc(OC)cc1OC)S(C)(=O)=O. The highest BCUT2D eigenvalue weighted by molar-refractivity contribution is 7.92. The number of hydrogen-bond acceptors (Lipinski definition) is 6. The molecule has 2 aromatic carbocycles. The van der Waals surface area contributed by atoms with Crippen LogP contribution in [0, 0.1) is 0 Å². The zero-order chi connectivity index (χ0) is 24.8. The summed E-state index contributed by atoms with van der Waals surface area (Å²) in [7, 11) is 0.449. The molecule has 0 spiro atoms. The minimum atomic E-state index is -3.88. The first kappa shape index (κ1) is 26.3. The minimum Gasteiger partial charge on any atom is -0.497 e. The van der Waals surface area contributed by atoms with Gasteiger partial charge in [0.25, 0.3) is 0 Å². The maximum absolute atomic E-state index is 13.4. The van der Waals surface area contributed by atoms with Crippen LogP contribution in [0.15, 0.2) is 42.5 Å². The highest BCUT2D eigenvalue weighted by Gasteiger charge is 2.31. The van der Waals surface area contributed by atoms with Crippen molar-refractivity contribution in [1.29, 1.82) is 0 Å². The minimum absolute atomic E-state index is 0.0853. The number of amides is 2. The molecule has 1 N–H and O–H groups in total. The van der Waals surface area contributed by atoms with E-state index in [1.54, 1.807) is 37.3 Å². The average Bonchev–Trinajstić information content (AvgIpc) is 2.79. The van der Waals surface area contributed by atoms with Crippen LogP contribution in [0.2, 0.25) is 5.02 Å². The van der Waals surface area contributed by atoms with E-state index in [0.29, 0.717) is 10.8 Å². The van der Waals surface area contributed by atoms with E-state index < -0.39 is 28.5 Å². The monoisotopic (exact) mass is 497 g/mol. The molecule has 2 amide bonds. The van der Waals surface area contributed by atoms with Gasteiger partial charge in [-0.3, -0.25) is 13.9 Å². The standard InChI is InChI=1S/C22H28ClN3O6S/c1-15(22(28)24-2)25(13-16-6-8-17(23)9-7-16)21(27)14-26(33(5,29)30)19-11-10-18(31-3)12-20(19)32-4/h6-12,15H,13-14H2,1-5H3,(H,24,28)/t15-/m1/s1. The van der Waals surface area contributed by atoms with E-state index in [1.165, 1.54) is 38.3 Å². The number of carbonyl (C=O) groups is 2. The van der Waals surface area contributed by atoms with Gasteiger partial charge in [-0.1, -0.05) is 23.7 Å². The summed E-state index contributed by atoms with van der Waals surface area (Å²) in [4.78, 5) is 27.0. The lowest BCUT2D eigenvalue weighted by atomic mass is 10.1. The Morgan fingerprint density at radius 1 is 1.09 bits per heavy atom. The summed E-state index contributed by atoms with van der Waals surface area (Å²) in [5.41, 5.74) is 0.907. The van der Waals surface area contributed by atoms with Crippen LogP contribution in [0.5, 0.6) is 11.5 Å².